The number of amides is 1. The van der Waals surface area contributed by atoms with Gasteiger partial charge in [0.15, 0.2) is 0 Å². The molecule has 1 aliphatic carbocycles. The summed E-state index contributed by atoms with van der Waals surface area (Å²) in [6.45, 7) is 10.7. The van der Waals surface area contributed by atoms with Crippen LogP contribution in [0.2, 0.25) is 0 Å². The van der Waals surface area contributed by atoms with Crippen molar-refractivity contribution < 1.29 is 9.53 Å². The zero-order valence-corrected chi connectivity index (χ0v) is 16.6. The van der Waals surface area contributed by atoms with E-state index in [-0.39, 0.29) is 29.8 Å². The highest BCUT2D eigenvalue weighted by atomic mass is 35.5. The Morgan fingerprint density at radius 2 is 2.04 bits per heavy atom. The van der Waals surface area contributed by atoms with Crippen LogP contribution in [0.5, 0.6) is 0 Å². The van der Waals surface area contributed by atoms with Gasteiger partial charge in [0, 0.05) is 36.8 Å². The maximum absolute atomic E-state index is 13.1. The van der Waals surface area contributed by atoms with Gasteiger partial charge in [0.2, 0.25) is 5.91 Å². The van der Waals surface area contributed by atoms with Gasteiger partial charge in [-0.3, -0.25) is 4.79 Å². The van der Waals surface area contributed by atoms with Crippen molar-refractivity contribution in [2.45, 2.75) is 70.3 Å². The van der Waals surface area contributed by atoms with Gasteiger partial charge in [-0.25, -0.2) is 0 Å². The molecule has 0 aromatic carbocycles. The lowest BCUT2D eigenvalue weighted by molar-refractivity contribution is -0.179. The van der Waals surface area contributed by atoms with E-state index < -0.39 is 5.54 Å². The summed E-state index contributed by atoms with van der Waals surface area (Å²) in [7, 11) is 0. The van der Waals surface area contributed by atoms with Crippen LogP contribution in [0.4, 0.5) is 0 Å². The monoisotopic (exact) mass is 364 g/mol. The Morgan fingerprint density at radius 1 is 1.35 bits per heavy atom. The highest BCUT2D eigenvalue weighted by Crippen LogP contribution is 2.50. The maximum Gasteiger partial charge on any atom is 0.243 e. The van der Waals surface area contributed by atoms with Crippen molar-refractivity contribution >= 4 is 30.1 Å². The van der Waals surface area contributed by atoms with Gasteiger partial charge >= 0.3 is 0 Å². The zero-order valence-electron chi connectivity index (χ0n) is 15.0. The first-order chi connectivity index (χ1) is 10.4. The molecule has 3 atom stereocenters. The van der Waals surface area contributed by atoms with E-state index in [0.717, 1.165) is 25.3 Å². The Bertz CT molecular complexity index is 408. The van der Waals surface area contributed by atoms with Crippen LogP contribution in [-0.4, -0.2) is 53.1 Å². The number of thioether (sulfide) groups is 1. The third-order valence-electron chi connectivity index (χ3n) is 5.53. The van der Waals surface area contributed by atoms with Gasteiger partial charge in [-0.1, -0.05) is 27.2 Å². The second-order valence-corrected chi connectivity index (χ2v) is 8.74. The first kappa shape index (κ1) is 21.1. The molecule has 23 heavy (non-hydrogen) atoms. The minimum Gasteiger partial charge on any atom is -0.378 e. The van der Waals surface area contributed by atoms with E-state index in [4.69, 9.17) is 10.5 Å². The minimum atomic E-state index is -0.765. The Balaban J connectivity index is 0.00000264. The van der Waals surface area contributed by atoms with Crippen LogP contribution < -0.4 is 5.73 Å². The van der Waals surface area contributed by atoms with Crippen LogP contribution in [0.25, 0.3) is 0 Å². The van der Waals surface area contributed by atoms with Crippen LogP contribution in [-0.2, 0) is 9.53 Å². The third kappa shape index (κ3) is 4.00. The molecule has 2 N–H and O–H groups in total. The lowest BCUT2D eigenvalue weighted by Gasteiger charge is -2.58. The number of rotatable bonds is 5. The predicted molar refractivity (Wildman–Crippen MR) is 100 cm³/mol. The number of likely N-dealkylation sites (tertiary alicyclic amines) is 1. The second-order valence-electron chi connectivity index (χ2n) is 7.17. The fraction of sp³-hybridized carbons (Fsp3) is 0.941. The molecule has 1 saturated carbocycles. The Kier molecular flexibility index (Phi) is 7.71. The molecule has 1 amide bonds. The molecule has 1 heterocycles. The number of ether oxygens (including phenoxy) is 1. The summed E-state index contributed by atoms with van der Waals surface area (Å²) in [5.74, 6) is 1.25. The summed E-state index contributed by atoms with van der Waals surface area (Å²) in [5, 5.41) is 0.561. The molecule has 4 nitrogen and oxygen atoms in total. The van der Waals surface area contributed by atoms with Gasteiger partial charge in [-0.05, 0) is 25.5 Å². The largest absolute Gasteiger partial charge is 0.378 e. The Morgan fingerprint density at radius 3 is 2.61 bits per heavy atom. The molecule has 0 aromatic heterocycles. The lowest BCUT2D eigenvalue weighted by Crippen LogP contribution is -2.76. The molecule has 136 valence electrons. The van der Waals surface area contributed by atoms with Crippen LogP contribution in [0, 0.1) is 5.41 Å². The molecule has 0 spiro atoms. The SMILES string of the molecule is CCOC1CC(N)(C(=O)N2CCCCC(SCC)C2)C1(C)C.Cl. The van der Waals surface area contributed by atoms with Crippen LogP contribution in [0.3, 0.4) is 0 Å². The normalized spacial score (nSPS) is 33.3. The number of hydrogen-bond donors (Lipinski definition) is 1. The fourth-order valence-electron chi connectivity index (χ4n) is 3.74. The van der Waals surface area contributed by atoms with Crippen molar-refractivity contribution in [1.82, 2.24) is 4.90 Å². The second kappa shape index (κ2) is 8.41. The van der Waals surface area contributed by atoms with Gasteiger partial charge in [0.05, 0.1) is 6.10 Å². The van der Waals surface area contributed by atoms with E-state index in [1.807, 2.05) is 23.6 Å². The minimum absolute atomic E-state index is 0. The number of hydrogen-bond acceptors (Lipinski definition) is 4. The summed E-state index contributed by atoms with van der Waals surface area (Å²) < 4.78 is 5.76. The van der Waals surface area contributed by atoms with Crippen molar-refractivity contribution in [3.8, 4) is 0 Å². The summed E-state index contributed by atoms with van der Waals surface area (Å²) >= 11 is 1.97. The van der Waals surface area contributed by atoms with E-state index in [9.17, 15) is 4.79 Å². The molecular formula is C17H33ClN2O2S. The van der Waals surface area contributed by atoms with Gasteiger partial charge in [-0.15, -0.1) is 12.4 Å². The van der Waals surface area contributed by atoms with Gasteiger partial charge in [0.25, 0.3) is 0 Å². The molecule has 0 bridgehead atoms. The average Bonchev–Trinajstić information content (AvgIpc) is 2.72. The highest BCUT2D eigenvalue weighted by Gasteiger charge is 2.63. The first-order valence-corrected chi connectivity index (χ1v) is 9.73. The molecule has 1 saturated heterocycles. The fourth-order valence-corrected chi connectivity index (χ4v) is 4.83. The van der Waals surface area contributed by atoms with E-state index in [0.29, 0.717) is 18.3 Å². The summed E-state index contributed by atoms with van der Waals surface area (Å²) in [5.41, 5.74) is 5.51. The third-order valence-corrected chi connectivity index (χ3v) is 6.72. The van der Waals surface area contributed by atoms with Gasteiger partial charge in [0.1, 0.15) is 5.54 Å². The quantitative estimate of drug-likeness (QED) is 0.814. The lowest BCUT2D eigenvalue weighted by atomic mass is 9.54. The highest BCUT2D eigenvalue weighted by molar-refractivity contribution is 7.99. The van der Waals surface area contributed by atoms with E-state index in [1.54, 1.807) is 0 Å². The molecule has 6 heteroatoms. The van der Waals surface area contributed by atoms with Crippen LogP contribution >= 0.6 is 24.2 Å². The topological polar surface area (TPSA) is 55.6 Å². The number of carbonyl (C=O) groups excluding carboxylic acids is 1. The number of nitrogens with zero attached hydrogens (tertiary/aromatic N) is 1. The van der Waals surface area contributed by atoms with Crippen molar-refractivity contribution in [2.24, 2.45) is 11.1 Å². The van der Waals surface area contributed by atoms with Crippen molar-refractivity contribution in [3.05, 3.63) is 0 Å². The maximum atomic E-state index is 13.1. The standard InChI is InChI=1S/C17H32N2O2S.ClH/c1-5-21-14-11-17(18,16(14,3)4)15(20)19-10-8-7-9-13(12-19)22-6-2;/h13-14H,5-12,18H2,1-4H3;1H. The van der Waals surface area contributed by atoms with Crippen molar-refractivity contribution in [1.29, 1.82) is 0 Å². The first-order valence-electron chi connectivity index (χ1n) is 8.68. The molecule has 2 fully saturated rings. The summed E-state index contributed by atoms with van der Waals surface area (Å²) in [6, 6.07) is 0. The van der Waals surface area contributed by atoms with Gasteiger partial charge in [-0.2, -0.15) is 11.8 Å². The molecule has 1 aliphatic heterocycles. The summed E-state index contributed by atoms with van der Waals surface area (Å²) in [6.07, 6.45) is 4.26. The van der Waals surface area contributed by atoms with Crippen molar-refractivity contribution in [3.63, 3.8) is 0 Å². The van der Waals surface area contributed by atoms with E-state index in [2.05, 4.69) is 20.8 Å². The molecule has 2 rings (SSSR count). The predicted octanol–water partition coefficient (Wildman–Crippen LogP) is 3.07. The number of halogens is 1. The molecule has 0 radical (unpaired) electrons. The summed E-state index contributed by atoms with van der Waals surface area (Å²) in [4.78, 5) is 15.1. The molecule has 0 aromatic rings. The van der Waals surface area contributed by atoms with E-state index in [1.165, 1.54) is 12.8 Å². The van der Waals surface area contributed by atoms with Gasteiger partial charge < -0.3 is 15.4 Å². The average molecular weight is 365 g/mol. The Labute approximate surface area is 151 Å². The Hall–Kier alpha value is 0.0300. The van der Waals surface area contributed by atoms with Crippen LogP contribution in [0.15, 0.2) is 0 Å². The zero-order chi connectivity index (χ0) is 16.4. The number of carbonyl (C=O) groups is 1. The number of nitrogens with two attached hydrogens (primary N) is 1. The van der Waals surface area contributed by atoms with E-state index >= 15 is 0 Å². The molecular weight excluding hydrogens is 332 g/mol. The van der Waals surface area contributed by atoms with Crippen molar-refractivity contribution in [2.75, 3.05) is 25.4 Å². The molecule has 2 aliphatic rings. The smallest absolute Gasteiger partial charge is 0.243 e. The van der Waals surface area contributed by atoms with Crippen LogP contribution in [0.1, 0.15) is 53.4 Å². The molecule has 3 unspecified atom stereocenters.